The fraction of sp³-hybridized carbons (Fsp3) is 1.00. The molecule has 6 aliphatic heterocycles. The Morgan fingerprint density at radius 2 is 1.06 bits per heavy atom. The molecule has 4 aliphatic carbocycles. The van der Waals surface area contributed by atoms with Gasteiger partial charge in [0.15, 0.2) is 37.2 Å². The Kier molecular flexibility index (Phi) is 20.6. The van der Waals surface area contributed by atoms with Crippen molar-refractivity contribution in [3.8, 4) is 0 Å². The van der Waals surface area contributed by atoms with E-state index in [1.807, 2.05) is 6.92 Å². The summed E-state index contributed by atoms with van der Waals surface area (Å²) >= 11 is 0. The molecular weight excluding hydrogens is 1120 g/mol. The van der Waals surface area contributed by atoms with E-state index in [9.17, 15) is 86.8 Å². The Morgan fingerprint density at radius 3 is 1.73 bits per heavy atom. The first-order valence-corrected chi connectivity index (χ1v) is 30.3. The van der Waals surface area contributed by atoms with E-state index in [0.717, 1.165) is 38.5 Å². The monoisotopic (exact) mass is 1210 g/mol. The van der Waals surface area contributed by atoms with Crippen LogP contribution in [0.5, 0.6) is 0 Å². The van der Waals surface area contributed by atoms with Crippen LogP contribution in [-0.2, 0) is 52.1 Å². The Balaban J connectivity index is 0.759. The Morgan fingerprint density at radius 1 is 0.512 bits per heavy atom. The summed E-state index contributed by atoms with van der Waals surface area (Å²) in [4.78, 5) is 0. The summed E-state index contributed by atoms with van der Waals surface area (Å²) in [5.41, 5.74) is -0.0852. The van der Waals surface area contributed by atoms with Crippen LogP contribution in [0, 0.1) is 52.3 Å². The molecule has 0 radical (unpaired) electrons. The minimum absolute atomic E-state index is 0.0288. The number of aliphatic hydroxyl groups excluding tert-OH is 16. The Hall–Kier alpha value is -1.12. The van der Waals surface area contributed by atoms with Crippen molar-refractivity contribution in [2.24, 2.45) is 52.3 Å². The van der Waals surface area contributed by atoms with Gasteiger partial charge in [0.2, 0.25) is 0 Å². The lowest BCUT2D eigenvalue weighted by molar-refractivity contribution is -0.404. The van der Waals surface area contributed by atoms with E-state index >= 15 is 0 Å². The highest BCUT2D eigenvalue weighted by Crippen LogP contribution is 2.71. The second-order valence-electron chi connectivity index (χ2n) is 26.6. The van der Waals surface area contributed by atoms with Crippen molar-refractivity contribution in [2.75, 3.05) is 39.6 Å². The molecular formula is C56H94O28. The van der Waals surface area contributed by atoms with E-state index in [1.165, 1.54) is 0 Å². The molecule has 84 heavy (non-hydrogen) atoms. The van der Waals surface area contributed by atoms with Gasteiger partial charge >= 0.3 is 0 Å². The molecule has 0 bridgehead atoms. The van der Waals surface area contributed by atoms with Crippen LogP contribution in [0.2, 0.25) is 0 Å². The van der Waals surface area contributed by atoms with E-state index in [2.05, 4.69) is 20.8 Å². The molecule has 0 amide bonds. The third-order valence-corrected chi connectivity index (χ3v) is 21.8. The molecule has 36 atom stereocenters. The summed E-state index contributed by atoms with van der Waals surface area (Å²) in [5, 5.41) is 182. The lowest BCUT2D eigenvalue weighted by Gasteiger charge is -2.61. The van der Waals surface area contributed by atoms with Gasteiger partial charge in [0.1, 0.15) is 116 Å². The van der Waals surface area contributed by atoms with Gasteiger partial charge in [0, 0.05) is 12.3 Å². The van der Waals surface area contributed by atoms with E-state index in [1.54, 1.807) is 0 Å². The van der Waals surface area contributed by atoms with Crippen molar-refractivity contribution >= 4 is 0 Å². The van der Waals surface area contributed by atoms with Gasteiger partial charge in [-0.2, -0.15) is 0 Å². The summed E-state index contributed by atoms with van der Waals surface area (Å²) < 4.78 is 65.9. The van der Waals surface area contributed by atoms with Gasteiger partial charge in [-0.3, -0.25) is 0 Å². The fourth-order valence-corrected chi connectivity index (χ4v) is 16.8. The second-order valence-corrected chi connectivity index (χ2v) is 26.6. The van der Waals surface area contributed by atoms with Crippen LogP contribution in [0.1, 0.15) is 91.9 Å². The zero-order valence-electron chi connectivity index (χ0n) is 48.0. The first kappa shape index (κ1) is 65.8. The number of ether oxygens (including phenoxy) is 11. The number of hydrogen-bond donors (Lipinski definition) is 17. The maximum atomic E-state index is 12.1. The minimum atomic E-state index is -2.02. The van der Waals surface area contributed by atoms with Crippen molar-refractivity contribution in [1.29, 1.82) is 0 Å². The lowest BCUT2D eigenvalue weighted by atomic mass is 9.44. The largest absolute Gasteiger partial charge is 0.394 e. The summed E-state index contributed by atoms with van der Waals surface area (Å²) in [6, 6.07) is 0. The van der Waals surface area contributed by atoms with Crippen LogP contribution in [0.3, 0.4) is 0 Å². The van der Waals surface area contributed by atoms with Crippen molar-refractivity contribution in [1.82, 2.24) is 0 Å². The van der Waals surface area contributed by atoms with E-state index in [-0.39, 0.29) is 47.2 Å². The molecule has 10 rings (SSSR count). The molecule has 28 nitrogen and oxygen atoms in total. The zero-order chi connectivity index (χ0) is 60.6. The second kappa shape index (κ2) is 26.2. The highest BCUT2D eigenvalue weighted by atomic mass is 16.8. The smallest absolute Gasteiger partial charge is 0.187 e. The zero-order valence-corrected chi connectivity index (χ0v) is 48.0. The third-order valence-electron chi connectivity index (χ3n) is 21.8. The van der Waals surface area contributed by atoms with Gasteiger partial charge in [-0.25, -0.2) is 0 Å². The van der Waals surface area contributed by atoms with Crippen LogP contribution in [0.4, 0.5) is 0 Å². The fourth-order valence-electron chi connectivity index (χ4n) is 16.8. The molecule has 10 fully saturated rings. The molecule has 6 saturated heterocycles. The van der Waals surface area contributed by atoms with Crippen LogP contribution in [-0.4, -0.2) is 292 Å². The first-order valence-electron chi connectivity index (χ1n) is 30.3. The summed E-state index contributed by atoms with van der Waals surface area (Å²) in [5.74, 6) is 0.0903. The summed E-state index contributed by atoms with van der Waals surface area (Å²) in [7, 11) is 0. The van der Waals surface area contributed by atoms with Gasteiger partial charge in [0.05, 0.1) is 51.8 Å². The molecule has 0 aromatic rings. The molecule has 0 aromatic heterocycles. The normalized spacial score (nSPS) is 55.4. The van der Waals surface area contributed by atoms with Crippen LogP contribution >= 0.6 is 0 Å². The van der Waals surface area contributed by atoms with Gasteiger partial charge in [-0.05, 0) is 104 Å². The van der Waals surface area contributed by atoms with Crippen LogP contribution in [0.25, 0.3) is 0 Å². The highest BCUT2D eigenvalue weighted by molar-refractivity contribution is 5.15. The van der Waals surface area contributed by atoms with Gasteiger partial charge in [-0.15, -0.1) is 0 Å². The van der Waals surface area contributed by atoms with E-state index in [4.69, 9.17) is 52.1 Å². The van der Waals surface area contributed by atoms with Gasteiger partial charge in [0.25, 0.3) is 0 Å². The van der Waals surface area contributed by atoms with Crippen molar-refractivity contribution in [2.45, 2.75) is 257 Å². The minimum Gasteiger partial charge on any atom is -0.394 e. The lowest BCUT2D eigenvalue weighted by Crippen LogP contribution is -2.68. The predicted octanol–water partition coefficient (Wildman–Crippen LogP) is -5.49. The third kappa shape index (κ3) is 12.1. The van der Waals surface area contributed by atoms with E-state index in [0.29, 0.717) is 43.4 Å². The number of rotatable bonds is 18. The Labute approximate surface area is 487 Å². The van der Waals surface area contributed by atoms with E-state index < -0.39 is 192 Å². The van der Waals surface area contributed by atoms with Crippen molar-refractivity contribution in [3.05, 3.63) is 0 Å². The maximum Gasteiger partial charge on any atom is 0.187 e. The molecule has 0 spiro atoms. The molecule has 28 heteroatoms. The molecule has 5 unspecified atom stereocenters. The topological polar surface area (TPSA) is 445 Å². The quantitative estimate of drug-likeness (QED) is 0.0569. The molecule has 486 valence electrons. The predicted molar refractivity (Wildman–Crippen MR) is 278 cm³/mol. The number of fused-ring (bicyclic) bond motifs is 7. The van der Waals surface area contributed by atoms with Crippen LogP contribution < -0.4 is 0 Å². The summed E-state index contributed by atoms with van der Waals surface area (Å²) in [6.07, 6.45) is -33.1. The van der Waals surface area contributed by atoms with Crippen LogP contribution in [0.15, 0.2) is 0 Å². The standard InChI is InChI=1S/C56H94O28/c1-21(19-74-49-43(70)39(66)36(63)30(15-57)77-49)7-12-56(73)22(2)34-29(84-56)14-27-25-6-5-23-13-24(8-10-54(23,3)26(25)9-11-55(27,34)4)76-51-45(72)41(68)46(33(18-60)80-51)81-53-48(83-52-44(71)40(67)37(64)31(16-58)78-52)47(38(65)32(17-59)79-53)82-50-42(69)35(62)28(61)20-75-50/h21-53,57-73H,5-20H2,1-4H3/t21-,22?,23-,24-,25?,26?,27-,28+,29?,30+,31+,32+,33+,34?,35-,36+,37-,38+,39-,40-,41+,42+,43+,44+,45+,46-,47-,48+,49+,50-,51+,52-,53-,54-,55-,56+/m0/s1. The number of aliphatic hydroxyl groups is 17. The summed E-state index contributed by atoms with van der Waals surface area (Å²) in [6.45, 7) is 5.31. The highest BCUT2D eigenvalue weighted by Gasteiger charge is 2.69. The van der Waals surface area contributed by atoms with Gasteiger partial charge < -0.3 is 139 Å². The van der Waals surface area contributed by atoms with Crippen molar-refractivity contribution < 1.29 is 139 Å². The maximum absolute atomic E-state index is 12.1. The van der Waals surface area contributed by atoms with Crippen molar-refractivity contribution in [3.63, 3.8) is 0 Å². The molecule has 10 aliphatic rings. The molecule has 0 aromatic carbocycles. The molecule has 4 saturated carbocycles. The first-order chi connectivity index (χ1) is 39.8. The molecule has 6 heterocycles. The SMILES string of the molecule is CC1C2C(C[C@H]3C4CC[C@H]5C[C@@H](O[C@@H]6O[C@H](CO)[C@H](O[C@@H]7O[C@H](CO)[C@@H](O)[C@H](O[C@@H]8OC[C@@H](O)[C@H](O)[C@H]8O)[C@H]7O[C@@H]7O[C@H](CO)[C@H](O)[C@H](O)[C@H]7O)[C@H](O)[C@H]6O)CC[C@]5(C)C4CC[C@]23C)O[C@]1(O)CC[C@H](C)CO[C@@H]1O[C@H](CO)[C@@H](O)[C@H](O)[C@H]1O. The van der Waals surface area contributed by atoms with Gasteiger partial charge in [-0.1, -0.05) is 27.7 Å². The average Bonchev–Trinajstić information content (AvgIpc) is 1.76. The molecule has 17 N–H and O–H groups in total. The number of hydrogen-bond acceptors (Lipinski definition) is 28. The average molecular weight is 1220 g/mol. The Bertz CT molecular complexity index is 2140.